The maximum atomic E-state index is 12.9. The molecular weight excluding hydrogens is 378 g/mol. The zero-order valence-electron chi connectivity index (χ0n) is 14.5. The van der Waals surface area contributed by atoms with Gasteiger partial charge in [0.2, 0.25) is 5.95 Å². The molecule has 1 aliphatic rings. The average molecular weight is 392 g/mol. The number of hydrogen-bond donors (Lipinski definition) is 1. The molecular formula is C21H14ClN3O3. The van der Waals surface area contributed by atoms with Gasteiger partial charge in [0, 0.05) is 23.0 Å². The molecule has 6 nitrogen and oxygen atoms in total. The molecule has 1 saturated heterocycles. The van der Waals surface area contributed by atoms with E-state index in [9.17, 15) is 14.7 Å². The highest BCUT2D eigenvalue weighted by atomic mass is 35.5. The fourth-order valence-electron chi connectivity index (χ4n) is 3.17. The van der Waals surface area contributed by atoms with Crippen LogP contribution >= 0.6 is 11.6 Å². The summed E-state index contributed by atoms with van der Waals surface area (Å²) in [6.07, 6.45) is 2.97. The van der Waals surface area contributed by atoms with Crippen molar-refractivity contribution in [3.63, 3.8) is 0 Å². The largest absolute Gasteiger partial charge is 0.507 e. The highest BCUT2D eigenvalue weighted by Crippen LogP contribution is 2.41. The summed E-state index contributed by atoms with van der Waals surface area (Å²) in [7, 11) is 0. The maximum Gasteiger partial charge on any atom is 0.302 e. The number of aliphatic hydroxyl groups is 1. The lowest BCUT2D eigenvalue weighted by Crippen LogP contribution is -2.31. The molecule has 0 unspecified atom stereocenters. The molecule has 0 radical (unpaired) electrons. The molecule has 1 aliphatic heterocycles. The van der Waals surface area contributed by atoms with Gasteiger partial charge in [0.25, 0.3) is 5.78 Å². The van der Waals surface area contributed by atoms with Crippen LogP contribution in [0.1, 0.15) is 17.2 Å². The van der Waals surface area contributed by atoms with Crippen LogP contribution in [-0.2, 0) is 9.59 Å². The smallest absolute Gasteiger partial charge is 0.302 e. The Balaban J connectivity index is 1.95. The Morgan fingerprint density at radius 1 is 0.929 bits per heavy atom. The first kappa shape index (κ1) is 17.9. The zero-order chi connectivity index (χ0) is 19.7. The minimum atomic E-state index is -0.875. The van der Waals surface area contributed by atoms with E-state index < -0.39 is 17.7 Å². The van der Waals surface area contributed by atoms with E-state index in [1.54, 1.807) is 60.7 Å². The van der Waals surface area contributed by atoms with Crippen LogP contribution in [0.2, 0.25) is 5.02 Å². The number of hydrogen-bond acceptors (Lipinski definition) is 5. The summed E-state index contributed by atoms with van der Waals surface area (Å²) < 4.78 is 0. The third-order valence-corrected chi connectivity index (χ3v) is 4.70. The predicted molar refractivity (Wildman–Crippen MR) is 105 cm³/mol. The van der Waals surface area contributed by atoms with Crippen molar-refractivity contribution in [1.82, 2.24) is 9.97 Å². The lowest BCUT2D eigenvalue weighted by Gasteiger charge is -2.23. The van der Waals surface area contributed by atoms with E-state index in [1.165, 1.54) is 17.3 Å². The Bertz CT molecular complexity index is 1070. The molecule has 1 fully saturated rings. The van der Waals surface area contributed by atoms with Crippen molar-refractivity contribution < 1.29 is 14.7 Å². The Labute approximate surface area is 165 Å². The molecule has 1 amide bonds. The Hall–Kier alpha value is -3.51. The number of halogens is 1. The third kappa shape index (κ3) is 3.04. The topological polar surface area (TPSA) is 83.4 Å². The minimum Gasteiger partial charge on any atom is -0.507 e. The van der Waals surface area contributed by atoms with Crippen LogP contribution in [-0.4, -0.2) is 26.8 Å². The molecule has 0 bridgehead atoms. The van der Waals surface area contributed by atoms with Crippen LogP contribution in [0.3, 0.4) is 0 Å². The molecule has 1 N–H and O–H groups in total. The monoisotopic (exact) mass is 391 g/mol. The summed E-state index contributed by atoms with van der Waals surface area (Å²) in [5.41, 5.74) is 1.02. The fraction of sp³-hybridized carbons (Fsp3) is 0.0476. The van der Waals surface area contributed by atoms with Crippen molar-refractivity contribution in [2.45, 2.75) is 6.04 Å². The number of benzene rings is 2. The van der Waals surface area contributed by atoms with Gasteiger partial charge in [-0.05, 0) is 23.8 Å². The maximum absolute atomic E-state index is 12.9. The van der Waals surface area contributed by atoms with E-state index in [0.717, 1.165) is 0 Å². The molecule has 3 aromatic rings. The normalized spacial score (nSPS) is 18.5. The van der Waals surface area contributed by atoms with E-state index in [0.29, 0.717) is 16.1 Å². The molecule has 2 heterocycles. The molecule has 0 saturated carbocycles. The van der Waals surface area contributed by atoms with E-state index in [-0.39, 0.29) is 17.3 Å². The van der Waals surface area contributed by atoms with Crippen molar-refractivity contribution in [3.8, 4) is 0 Å². The Morgan fingerprint density at radius 3 is 2.21 bits per heavy atom. The lowest BCUT2D eigenvalue weighted by molar-refractivity contribution is -0.132. The van der Waals surface area contributed by atoms with Gasteiger partial charge in [0.1, 0.15) is 5.76 Å². The molecule has 1 atom stereocenters. The van der Waals surface area contributed by atoms with Gasteiger partial charge >= 0.3 is 5.91 Å². The Morgan fingerprint density at radius 2 is 1.57 bits per heavy atom. The van der Waals surface area contributed by atoms with E-state index >= 15 is 0 Å². The molecule has 4 rings (SSSR count). The number of carbonyl (C=O) groups is 2. The van der Waals surface area contributed by atoms with Crippen molar-refractivity contribution in [1.29, 1.82) is 0 Å². The van der Waals surface area contributed by atoms with E-state index in [2.05, 4.69) is 9.97 Å². The number of amides is 1. The fourth-order valence-corrected chi connectivity index (χ4v) is 3.29. The molecule has 0 spiro atoms. The van der Waals surface area contributed by atoms with Gasteiger partial charge in [-0.25, -0.2) is 9.97 Å². The number of Topliss-reactive ketones (excluding diaryl/α,β-unsaturated/α-hetero) is 1. The zero-order valence-corrected chi connectivity index (χ0v) is 15.2. The first-order chi connectivity index (χ1) is 13.6. The number of nitrogens with zero attached hydrogens (tertiary/aromatic N) is 3. The van der Waals surface area contributed by atoms with Gasteiger partial charge in [0.05, 0.1) is 11.6 Å². The summed E-state index contributed by atoms with van der Waals surface area (Å²) in [5, 5.41) is 11.4. The summed E-state index contributed by atoms with van der Waals surface area (Å²) in [6.45, 7) is 0. The number of aromatic nitrogens is 2. The summed E-state index contributed by atoms with van der Waals surface area (Å²) in [4.78, 5) is 35.1. The van der Waals surface area contributed by atoms with E-state index in [1.807, 2.05) is 0 Å². The SMILES string of the molecule is O=C1C(=O)N(c2ncccn2)[C@@H](c2ccc(Cl)cc2)C1=C(O)c1ccccc1. The van der Waals surface area contributed by atoms with Crippen LogP contribution in [0, 0.1) is 0 Å². The van der Waals surface area contributed by atoms with Gasteiger partial charge < -0.3 is 5.11 Å². The average Bonchev–Trinajstić information content (AvgIpc) is 3.00. The summed E-state index contributed by atoms with van der Waals surface area (Å²) >= 11 is 5.99. The highest BCUT2D eigenvalue weighted by Gasteiger charge is 2.48. The van der Waals surface area contributed by atoms with E-state index in [4.69, 9.17) is 11.6 Å². The lowest BCUT2D eigenvalue weighted by atomic mass is 9.95. The molecule has 2 aromatic carbocycles. The van der Waals surface area contributed by atoms with Crippen molar-refractivity contribution >= 4 is 35.0 Å². The van der Waals surface area contributed by atoms with Crippen LogP contribution in [0.5, 0.6) is 0 Å². The van der Waals surface area contributed by atoms with Crippen LogP contribution in [0.4, 0.5) is 5.95 Å². The number of anilines is 1. The van der Waals surface area contributed by atoms with Gasteiger partial charge in [-0.3, -0.25) is 14.5 Å². The predicted octanol–water partition coefficient (Wildman–Crippen LogP) is 3.76. The first-order valence-corrected chi connectivity index (χ1v) is 8.84. The van der Waals surface area contributed by atoms with Gasteiger partial charge in [0.15, 0.2) is 0 Å². The highest BCUT2D eigenvalue weighted by molar-refractivity contribution is 6.51. The molecule has 28 heavy (non-hydrogen) atoms. The number of rotatable bonds is 3. The Kier molecular flexibility index (Phi) is 4.63. The number of ketones is 1. The van der Waals surface area contributed by atoms with Crippen LogP contribution < -0.4 is 4.90 Å². The first-order valence-electron chi connectivity index (χ1n) is 8.47. The van der Waals surface area contributed by atoms with Gasteiger partial charge in [-0.2, -0.15) is 0 Å². The second-order valence-corrected chi connectivity index (χ2v) is 6.57. The molecule has 0 aliphatic carbocycles. The quantitative estimate of drug-likeness (QED) is 0.417. The molecule has 1 aromatic heterocycles. The minimum absolute atomic E-state index is 0.0222. The number of carbonyl (C=O) groups excluding carboxylic acids is 2. The van der Waals surface area contributed by atoms with Gasteiger partial charge in [-0.1, -0.05) is 54.1 Å². The van der Waals surface area contributed by atoms with Crippen LogP contribution in [0.15, 0.2) is 78.6 Å². The molecule has 7 heteroatoms. The standard InChI is InChI=1S/C21H14ClN3O3/c22-15-9-7-13(8-10-15)17-16(18(26)14-5-2-1-3-6-14)19(27)20(28)25(17)21-23-11-4-12-24-21/h1-12,17,26H/t17-/m0/s1. The van der Waals surface area contributed by atoms with Crippen molar-refractivity contribution in [2.75, 3.05) is 4.90 Å². The summed E-state index contributed by atoms with van der Waals surface area (Å²) in [5.74, 6) is -1.77. The van der Waals surface area contributed by atoms with Gasteiger partial charge in [-0.15, -0.1) is 0 Å². The number of aliphatic hydroxyl groups excluding tert-OH is 1. The second-order valence-electron chi connectivity index (χ2n) is 6.14. The van der Waals surface area contributed by atoms with Crippen molar-refractivity contribution in [2.24, 2.45) is 0 Å². The second kappa shape index (κ2) is 7.25. The molecule has 138 valence electrons. The summed E-state index contributed by atoms with van der Waals surface area (Å²) in [6, 6.07) is 16.1. The third-order valence-electron chi connectivity index (χ3n) is 4.45. The van der Waals surface area contributed by atoms with Crippen molar-refractivity contribution in [3.05, 3.63) is 94.8 Å². The van der Waals surface area contributed by atoms with Crippen LogP contribution in [0.25, 0.3) is 5.76 Å².